The monoisotopic (exact) mass is 298 g/mol. The maximum absolute atomic E-state index is 13.0. The highest BCUT2D eigenvalue weighted by Crippen LogP contribution is 2.28. The van der Waals surface area contributed by atoms with Gasteiger partial charge in [-0.05, 0) is 36.6 Å². The van der Waals surface area contributed by atoms with Gasteiger partial charge in [0.1, 0.15) is 18.5 Å². The minimum Gasteiger partial charge on any atom is -0.486 e. The van der Waals surface area contributed by atoms with Crippen LogP contribution in [0.1, 0.15) is 43.1 Å². The molecule has 2 aromatic rings. The summed E-state index contributed by atoms with van der Waals surface area (Å²) in [6, 6.07) is 10.7. The highest BCUT2D eigenvalue weighted by atomic mass is 19.1. The normalized spacial score (nSPS) is 12.0. The van der Waals surface area contributed by atoms with E-state index in [1.54, 1.807) is 30.6 Å². The van der Waals surface area contributed by atoms with E-state index in [1.807, 2.05) is 18.2 Å². The summed E-state index contributed by atoms with van der Waals surface area (Å²) in [7, 11) is 0. The summed E-state index contributed by atoms with van der Waals surface area (Å²) in [4.78, 5) is 4.13. The lowest BCUT2D eigenvalue weighted by atomic mass is 10.0. The van der Waals surface area contributed by atoms with Crippen LogP contribution < -0.4 is 4.74 Å². The zero-order valence-electron chi connectivity index (χ0n) is 12.8. The third-order valence-corrected chi connectivity index (χ3v) is 3.36. The minimum atomic E-state index is -0.679. The van der Waals surface area contributed by atoms with Crippen molar-refractivity contribution in [2.24, 2.45) is 5.92 Å². The van der Waals surface area contributed by atoms with E-state index in [1.165, 1.54) is 0 Å². The Balaban J connectivity index is 2.26. The molecule has 4 heteroatoms. The average Bonchev–Trinajstić information content (AvgIpc) is 2.54. The highest BCUT2D eigenvalue weighted by Gasteiger charge is 2.16. The van der Waals surface area contributed by atoms with Crippen molar-refractivity contribution in [1.82, 2.24) is 4.98 Å². The number of nitrogens with zero attached hydrogens (tertiary/aromatic N) is 2. The second-order valence-electron chi connectivity index (χ2n) is 5.59. The van der Waals surface area contributed by atoms with E-state index in [0.29, 0.717) is 22.8 Å². The van der Waals surface area contributed by atoms with Crippen LogP contribution >= 0.6 is 0 Å². The second kappa shape index (κ2) is 7.56. The fourth-order valence-corrected chi connectivity index (χ4v) is 2.27. The van der Waals surface area contributed by atoms with E-state index in [2.05, 4.69) is 18.8 Å². The number of hydrogen-bond acceptors (Lipinski definition) is 3. The Morgan fingerprint density at radius 1 is 1.32 bits per heavy atom. The lowest BCUT2D eigenvalue weighted by Gasteiger charge is -2.21. The molecule has 0 N–H and O–H groups in total. The molecule has 0 fully saturated rings. The number of halogens is 1. The highest BCUT2D eigenvalue weighted by molar-refractivity contribution is 5.42. The van der Waals surface area contributed by atoms with Crippen LogP contribution in [0.3, 0.4) is 0 Å². The largest absolute Gasteiger partial charge is 0.486 e. The van der Waals surface area contributed by atoms with E-state index in [4.69, 9.17) is 10.00 Å². The van der Waals surface area contributed by atoms with Crippen LogP contribution in [0.15, 0.2) is 42.7 Å². The number of ether oxygens (including phenoxy) is 1. The van der Waals surface area contributed by atoms with Gasteiger partial charge in [0.05, 0.1) is 11.6 Å². The Morgan fingerprint density at radius 2 is 2.14 bits per heavy atom. The van der Waals surface area contributed by atoms with Gasteiger partial charge in [-0.2, -0.15) is 5.26 Å². The van der Waals surface area contributed by atoms with Gasteiger partial charge in [-0.3, -0.25) is 4.98 Å². The summed E-state index contributed by atoms with van der Waals surface area (Å²) < 4.78 is 19.0. The van der Waals surface area contributed by atoms with Crippen molar-refractivity contribution in [3.63, 3.8) is 0 Å². The van der Waals surface area contributed by atoms with Gasteiger partial charge in [0.25, 0.3) is 0 Å². The second-order valence-corrected chi connectivity index (χ2v) is 5.59. The summed E-state index contributed by atoms with van der Waals surface area (Å²) in [5.74, 6) is 1.02. The quantitative estimate of drug-likeness (QED) is 0.783. The zero-order chi connectivity index (χ0) is 15.9. The van der Waals surface area contributed by atoms with E-state index in [-0.39, 0.29) is 6.10 Å². The molecule has 22 heavy (non-hydrogen) atoms. The van der Waals surface area contributed by atoms with Gasteiger partial charge in [-0.1, -0.05) is 19.9 Å². The van der Waals surface area contributed by atoms with Gasteiger partial charge in [-0.15, -0.1) is 0 Å². The molecule has 1 aromatic heterocycles. The molecule has 2 rings (SSSR count). The van der Waals surface area contributed by atoms with Crippen molar-refractivity contribution in [2.75, 3.05) is 0 Å². The lowest BCUT2D eigenvalue weighted by Crippen LogP contribution is -2.11. The molecule has 1 unspecified atom stereocenters. The molecular weight excluding hydrogens is 279 g/mol. The molecule has 0 saturated heterocycles. The zero-order valence-corrected chi connectivity index (χ0v) is 12.8. The molecule has 0 bridgehead atoms. The van der Waals surface area contributed by atoms with Crippen LogP contribution in [-0.2, 0) is 6.67 Å². The molecule has 3 nitrogen and oxygen atoms in total. The summed E-state index contributed by atoms with van der Waals surface area (Å²) in [6.07, 6.45) is 4.19. The average molecular weight is 298 g/mol. The van der Waals surface area contributed by atoms with Gasteiger partial charge in [-0.25, -0.2) is 4.39 Å². The Hall–Kier alpha value is -2.41. The molecule has 0 aliphatic rings. The number of aromatic nitrogens is 1. The van der Waals surface area contributed by atoms with Crippen LogP contribution in [0.25, 0.3) is 0 Å². The number of hydrogen-bond donors (Lipinski definition) is 0. The van der Waals surface area contributed by atoms with Crippen molar-refractivity contribution < 1.29 is 9.13 Å². The van der Waals surface area contributed by atoms with Crippen LogP contribution in [0.4, 0.5) is 4.39 Å². The summed E-state index contributed by atoms with van der Waals surface area (Å²) >= 11 is 0. The smallest absolute Gasteiger partial charge is 0.125 e. The fourth-order valence-electron chi connectivity index (χ4n) is 2.27. The number of benzene rings is 1. The number of alkyl halides is 1. The Kier molecular flexibility index (Phi) is 5.48. The number of nitriles is 1. The molecule has 0 aliphatic heterocycles. The summed E-state index contributed by atoms with van der Waals surface area (Å²) in [5.41, 5.74) is 1.69. The maximum atomic E-state index is 13.0. The molecule has 1 atom stereocenters. The first-order valence-electron chi connectivity index (χ1n) is 7.29. The number of pyridine rings is 1. The van der Waals surface area contributed by atoms with E-state index in [9.17, 15) is 4.39 Å². The predicted octanol–water partition coefficient (Wildman–Crippen LogP) is 4.59. The van der Waals surface area contributed by atoms with Crippen molar-refractivity contribution in [1.29, 1.82) is 5.26 Å². The van der Waals surface area contributed by atoms with Crippen LogP contribution in [0, 0.1) is 17.2 Å². The van der Waals surface area contributed by atoms with Gasteiger partial charge in [0.15, 0.2) is 0 Å². The van der Waals surface area contributed by atoms with Gasteiger partial charge in [0, 0.05) is 23.5 Å². The van der Waals surface area contributed by atoms with Crippen LogP contribution in [-0.4, -0.2) is 4.98 Å². The first-order valence-corrected chi connectivity index (χ1v) is 7.29. The van der Waals surface area contributed by atoms with Crippen molar-refractivity contribution in [3.05, 3.63) is 59.4 Å². The Bertz CT molecular complexity index is 650. The first kappa shape index (κ1) is 16.0. The fraction of sp³-hybridized carbons (Fsp3) is 0.333. The van der Waals surface area contributed by atoms with Crippen molar-refractivity contribution >= 4 is 0 Å². The first-order chi connectivity index (χ1) is 10.6. The topological polar surface area (TPSA) is 45.9 Å². The van der Waals surface area contributed by atoms with Crippen molar-refractivity contribution in [3.8, 4) is 11.8 Å². The molecule has 0 saturated carbocycles. The molecular formula is C18H19FN2O. The molecule has 0 radical (unpaired) electrons. The van der Waals surface area contributed by atoms with Crippen LogP contribution in [0.5, 0.6) is 5.75 Å². The molecule has 1 heterocycles. The summed E-state index contributed by atoms with van der Waals surface area (Å²) in [5, 5.41) is 8.95. The van der Waals surface area contributed by atoms with Gasteiger partial charge in [0.2, 0.25) is 0 Å². The molecule has 114 valence electrons. The standard InChI is InChI=1S/C18H19FN2O/c1-13(2)8-18(15-4-3-7-21-12-15)22-17-6-5-14(11-20)16(9-17)10-19/h3-7,9,12-13,18H,8,10H2,1-2H3. The molecule has 0 amide bonds. The maximum Gasteiger partial charge on any atom is 0.125 e. The lowest BCUT2D eigenvalue weighted by molar-refractivity contribution is 0.176. The van der Waals surface area contributed by atoms with E-state index < -0.39 is 6.67 Å². The third kappa shape index (κ3) is 4.05. The minimum absolute atomic E-state index is 0.144. The summed E-state index contributed by atoms with van der Waals surface area (Å²) in [6.45, 7) is 3.57. The Labute approximate surface area is 130 Å². The SMILES string of the molecule is CC(C)CC(Oc1ccc(C#N)c(CF)c1)c1cccnc1. The molecule has 1 aromatic carbocycles. The Morgan fingerprint density at radius 3 is 2.73 bits per heavy atom. The van der Waals surface area contributed by atoms with Crippen molar-refractivity contribution in [2.45, 2.75) is 33.0 Å². The predicted molar refractivity (Wildman–Crippen MR) is 83.0 cm³/mol. The van der Waals surface area contributed by atoms with E-state index >= 15 is 0 Å². The van der Waals surface area contributed by atoms with E-state index in [0.717, 1.165) is 12.0 Å². The number of rotatable bonds is 6. The molecule has 0 spiro atoms. The molecule has 0 aliphatic carbocycles. The third-order valence-electron chi connectivity index (χ3n) is 3.36. The van der Waals surface area contributed by atoms with Crippen LogP contribution in [0.2, 0.25) is 0 Å². The van der Waals surface area contributed by atoms with Gasteiger partial charge < -0.3 is 4.74 Å². The van der Waals surface area contributed by atoms with Gasteiger partial charge >= 0.3 is 0 Å².